The molecule has 0 aliphatic carbocycles. The molecule has 1 N–H and O–H groups in total. The van der Waals surface area contributed by atoms with Crippen molar-refractivity contribution in [3.8, 4) is 5.75 Å². The van der Waals surface area contributed by atoms with Crippen molar-refractivity contribution in [3.05, 3.63) is 64.2 Å². The number of nitrogens with one attached hydrogen (secondary N) is 1. The van der Waals surface area contributed by atoms with E-state index < -0.39 is 4.92 Å². The maximum atomic E-state index is 12.2. The Bertz CT molecular complexity index is 849. The molecular weight excluding hydrogens is 350 g/mol. The Balaban J connectivity index is 1.57. The van der Waals surface area contributed by atoms with E-state index in [4.69, 9.17) is 4.74 Å². The van der Waals surface area contributed by atoms with Crippen LogP contribution in [0.4, 0.5) is 11.4 Å². The average Bonchev–Trinajstić information content (AvgIpc) is 3.02. The van der Waals surface area contributed by atoms with Gasteiger partial charge in [-0.15, -0.1) is 0 Å². The Labute approximate surface area is 155 Å². The molecule has 0 saturated carbocycles. The van der Waals surface area contributed by atoms with Crippen LogP contribution in [0.1, 0.15) is 17.9 Å². The second-order valence-corrected chi connectivity index (χ2v) is 6.30. The smallest absolute Gasteiger partial charge is 0.269 e. The largest absolute Gasteiger partial charge is 0.497 e. The van der Waals surface area contributed by atoms with Crippen LogP contribution in [-0.2, 0) is 9.59 Å². The minimum atomic E-state index is -0.506. The van der Waals surface area contributed by atoms with Gasteiger partial charge in [0.1, 0.15) is 5.75 Å². The Morgan fingerprint density at radius 1 is 1.22 bits per heavy atom. The fourth-order valence-corrected chi connectivity index (χ4v) is 3.06. The number of benzene rings is 2. The van der Waals surface area contributed by atoms with E-state index in [0.29, 0.717) is 18.7 Å². The van der Waals surface area contributed by atoms with E-state index in [1.807, 2.05) is 24.3 Å². The standard InChI is InChI=1S/C19H19N3O5/c1-27-17-8-2-13(3-9-17)14-10-19(24)21(11-14)12-18(23)20-15-4-6-16(7-5-15)22(25)26/h2-9,14H,10-12H2,1H3,(H,20,23). The number of ether oxygens (including phenoxy) is 1. The first-order valence-corrected chi connectivity index (χ1v) is 8.42. The van der Waals surface area contributed by atoms with Crippen LogP contribution < -0.4 is 10.1 Å². The summed E-state index contributed by atoms with van der Waals surface area (Å²) in [6, 6.07) is 13.1. The SMILES string of the molecule is COc1ccc(C2CC(=O)N(CC(=O)Nc3ccc([N+](=O)[O-])cc3)C2)cc1. The van der Waals surface area contributed by atoms with Gasteiger partial charge >= 0.3 is 0 Å². The van der Waals surface area contributed by atoms with Gasteiger partial charge in [-0.2, -0.15) is 0 Å². The number of anilines is 1. The van der Waals surface area contributed by atoms with Crippen molar-refractivity contribution in [1.29, 1.82) is 0 Å². The Hall–Kier alpha value is -3.42. The number of carbonyl (C=O) groups is 2. The van der Waals surface area contributed by atoms with Gasteiger partial charge in [0.25, 0.3) is 5.69 Å². The molecule has 140 valence electrons. The normalized spacial score (nSPS) is 16.3. The van der Waals surface area contributed by atoms with Gasteiger partial charge in [0.2, 0.25) is 11.8 Å². The third-order valence-electron chi connectivity index (χ3n) is 4.50. The minimum absolute atomic E-state index is 0.0376. The maximum absolute atomic E-state index is 12.2. The fourth-order valence-electron chi connectivity index (χ4n) is 3.06. The molecule has 0 radical (unpaired) electrons. The summed E-state index contributed by atoms with van der Waals surface area (Å²) in [7, 11) is 1.60. The zero-order valence-corrected chi connectivity index (χ0v) is 14.8. The molecule has 8 nitrogen and oxygen atoms in total. The number of hydrogen-bond acceptors (Lipinski definition) is 5. The monoisotopic (exact) mass is 369 g/mol. The number of nitro groups is 1. The van der Waals surface area contributed by atoms with Crippen molar-refractivity contribution < 1.29 is 19.2 Å². The van der Waals surface area contributed by atoms with E-state index in [0.717, 1.165) is 11.3 Å². The Morgan fingerprint density at radius 2 is 1.89 bits per heavy atom. The van der Waals surface area contributed by atoms with E-state index in [9.17, 15) is 19.7 Å². The number of likely N-dealkylation sites (tertiary alicyclic amines) is 1. The number of carbonyl (C=O) groups excluding carboxylic acids is 2. The molecule has 2 aromatic rings. The molecule has 27 heavy (non-hydrogen) atoms. The number of hydrogen-bond donors (Lipinski definition) is 1. The van der Waals surface area contributed by atoms with Crippen molar-refractivity contribution in [3.63, 3.8) is 0 Å². The summed E-state index contributed by atoms with van der Waals surface area (Å²) in [6.45, 7) is 0.418. The molecule has 1 saturated heterocycles. The quantitative estimate of drug-likeness (QED) is 0.623. The lowest BCUT2D eigenvalue weighted by molar-refractivity contribution is -0.384. The molecule has 1 heterocycles. The van der Waals surface area contributed by atoms with Crippen LogP contribution in [0.5, 0.6) is 5.75 Å². The van der Waals surface area contributed by atoms with Crippen LogP contribution in [0, 0.1) is 10.1 Å². The first-order valence-electron chi connectivity index (χ1n) is 8.42. The van der Waals surface area contributed by atoms with Crippen LogP contribution in [0.2, 0.25) is 0 Å². The fraction of sp³-hybridized carbons (Fsp3) is 0.263. The second kappa shape index (κ2) is 7.86. The predicted molar refractivity (Wildman–Crippen MR) is 98.7 cm³/mol. The molecule has 8 heteroatoms. The summed E-state index contributed by atoms with van der Waals surface area (Å²) in [5.41, 5.74) is 1.43. The molecule has 2 amide bonds. The Kier molecular flexibility index (Phi) is 5.35. The summed E-state index contributed by atoms with van der Waals surface area (Å²) < 4.78 is 5.14. The maximum Gasteiger partial charge on any atom is 0.269 e. The number of non-ortho nitro benzene ring substituents is 1. The van der Waals surface area contributed by atoms with Crippen LogP contribution in [0.3, 0.4) is 0 Å². The van der Waals surface area contributed by atoms with Crippen molar-refractivity contribution in [2.75, 3.05) is 25.5 Å². The van der Waals surface area contributed by atoms with E-state index in [1.54, 1.807) is 7.11 Å². The lowest BCUT2D eigenvalue weighted by Gasteiger charge is -2.16. The molecule has 2 aromatic carbocycles. The molecule has 1 unspecified atom stereocenters. The number of nitrogens with zero attached hydrogens (tertiary/aromatic N) is 2. The molecule has 1 fully saturated rings. The third kappa shape index (κ3) is 4.41. The number of nitro benzene ring substituents is 1. The summed E-state index contributed by atoms with van der Waals surface area (Å²) in [4.78, 5) is 36.1. The van der Waals surface area contributed by atoms with E-state index in [1.165, 1.54) is 29.2 Å². The van der Waals surface area contributed by atoms with Gasteiger partial charge in [-0.05, 0) is 29.8 Å². The highest BCUT2D eigenvalue weighted by molar-refractivity contribution is 5.95. The predicted octanol–water partition coefficient (Wildman–Crippen LogP) is 2.56. The highest BCUT2D eigenvalue weighted by atomic mass is 16.6. The number of amides is 2. The summed E-state index contributed by atoms with van der Waals surface area (Å²) in [5, 5.41) is 13.3. The van der Waals surface area contributed by atoms with E-state index >= 15 is 0 Å². The van der Waals surface area contributed by atoms with Crippen molar-refractivity contribution in [2.45, 2.75) is 12.3 Å². The molecule has 0 bridgehead atoms. The second-order valence-electron chi connectivity index (χ2n) is 6.30. The molecule has 0 aromatic heterocycles. The molecule has 0 spiro atoms. The highest BCUT2D eigenvalue weighted by Gasteiger charge is 2.31. The van der Waals surface area contributed by atoms with Gasteiger partial charge in [-0.25, -0.2) is 0 Å². The van der Waals surface area contributed by atoms with E-state index in [-0.39, 0.29) is 30.0 Å². The third-order valence-corrected chi connectivity index (χ3v) is 4.50. The van der Waals surface area contributed by atoms with Gasteiger partial charge in [0, 0.05) is 36.7 Å². The summed E-state index contributed by atoms with van der Waals surface area (Å²) >= 11 is 0. The highest BCUT2D eigenvalue weighted by Crippen LogP contribution is 2.29. The van der Waals surface area contributed by atoms with Gasteiger partial charge in [0.15, 0.2) is 0 Å². The summed E-state index contributed by atoms with van der Waals surface area (Å²) in [6.07, 6.45) is 0.358. The van der Waals surface area contributed by atoms with Crippen LogP contribution in [-0.4, -0.2) is 41.8 Å². The number of rotatable bonds is 6. The van der Waals surface area contributed by atoms with Crippen molar-refractivity contribution in [2.24, 2.45) is 0 Å². The zero-order valence-electron chi connectivity index (χ0n) is 14.8. The van der Waals surface area contributed by atoms with Crippen molar-refractivity contribution in [1.82, 2.24) is 4.90 Å². The first kappa shape index (κ1) is 18.4. The Morgan fingerprint density at radius 3 is 2.48 bits per heavy atom. The average molecular weight is 369 g/mol. The van der Waals surface area contributed by atoms with Crippen LogP contribution in [0.15, 0.2) is 48.5 Å². The lowest BCUT2D eigenvalue weighted by Crippen LogP contribution is -2.34. The first-order chi connectivity index (χ1) is 13.0. The van der Waals surface area contributed by atoms with Gasteiger partial charge in [-0.1, -0.05) is 12.1 Å². The summed E-state index contributed by atoms with van der Waals surface area (Å²) in [5.74, 6) is 0.375. The molecule has 1 aliphatic heterocycles. The van der Waals surface area contributed by atoms with Gasteiger partial charge in [-0.3, -0.25) is 19.7 Å². The zero-order chi connectivity index (χ0) is 19.4. The van der Waals surface area contributed by atoms with Crippen molar-refractivity contribution >= 4 is 23.2 Å². The molecule has 3 rings (SSSR count). The molecule has 1 aliphatic rings. The lowest BCUT2D eigenvalue weighted by atomic mass is 9.98. The van der Waals surface area contributed by atoms with Crippen LogP contribution >= 0.6 is 0 Å². The van der Waals surface area contributed by atoms with Crippen LogP contribution in [0.25, 0.3) is 0 Å². The molecule has 1 atom stereocenters. The molecular formula is C19H19N3O5. The van der Waals surface area contributed by atoms with Gasteiger partial charge < -0.3 is 15.0 Å². The van der Waals surface area contributed by atoms with Gasteiger partial charge in [0.05, 0.1) is 18.6 Å². The van der Waals surface area contributed by atoms with E-state index in [2.05, 4.69) is 5.32 Å². The number of methoxy groups -OCH3 is 1. The minimum Gasteiger partial charge on any atom is -0.497 e. The topological polar surface area (TPSA) is 102 Å².